The Morgan fingerprint density at radius 1 is 1.19 bits per heavy atom. The first kappa shape index (κ1) is 18.9. The van der Waals surface area contributed by atoms with Crippen molar-refractivity contribution in [2.75, 3.05) is 6.61 Å². The summed E-state index contributed by atoms with van der Waals surface area (Å²) in [5.74, 6) is -1.35. The summed E-state index contributed by atoms with van der Waals surface area (Å²) in [5, 5.41) is 5.23. The van der Waals surface area contributed by atoms with Crippen molar-refractivity contribution in [3.63, 3.8) is 0 Å². The molecule has 2 aromatic rings. The number of hydrogen-bond donors (Lipinski definition) is 2. The Labute approximate surface area is 160 Å². The molecular weight excluding hydrogens is 366 g/mol. The van der Waals surface area contributed by atoms with Gasteiger partial charge in [-0.3, -0.25) is 10.1 Å². The SMILES string of the molecule is Cc1ccc(Sc2ncccc2C(=O)OCC(=O)NC(=O)NC2CC2)cc1. The molecule has 140 valence electrons. The van der Waals surface area contributed by atoms with Crippen molar-refractivity contribution < 1.29 is 19.1 Å². The lowest BCUT2D eigenvalue weighted by Crippen LogP contribution is -2.42. The van der Waals surface area contributed by atoms with Gasteiger partial charge in [-0.05, 0) is 44.0 Å². The van der Waals surface area contributed by atoms with Crippen molar-refractivity contribution in [2.24, 2.45) is 0 Å². The number of urea groups is 1. The van der Waals surface area contributed by atoms with E-state index in [4.69, 9.17) is 4.74 Å². The predicted molar refractivity (Wildman–Crippen MR) is 99.5 cm³/mol. The van der Waals surface area contributed by atoms with Crippen LogP contribution in [0.25, 0.3) is 0 Å². The molecule has 0 bridgehead atoms. The quantitative estimate of drug-likeness (QED) is 0.742. The second-order valence-corrected chi connectivity index (χ2v) is 7.21. The van der Waals surface area contributed by atoms with Gasteiger partial charge < -0.3 is 10.1 Å². The van der Waals surface area contributed by atoms with E-state index in [2.05, 4.69) is 15.6 Å². The van der Waals surface area contributed by atoms with Crippen molar-refractivity contribution in [3.05, 3.63) is 53.7 Å². The van der Waals surface area contributed by atoms with Gasteiger partial charge in [0.2, 0.25) is 0 Å². The zero-order valence-corrected chi connectivity index (χ0v) is 15.5. The molecule has 3 amide bonds. The van der Waals surface area contributed by atoms with E-state index >= 15 is 0 Å². The van der Waals surface area contributed by atoms with Crippen molar-refractivity contribution in [3.8, 4) is 0 Å². The van der Waals surface area contributed by atoms with Gasteiger partial charge in [-0.2, -0.15) is 0 Å². The number of pyridine rings is 1. The summed E-state index contributed by atoms with van der Waals surface area (Å²) in [7, 11) is 0. The maximum atomic E-state index is 12.3. The summed E-state index contributed by atoms with van der Waals surface area (Å²) in [6.07, 6.45) is 3.42. The minimum Gasteiger partial charge on any atom is -0.452 e. The Morgan fingerprint density at radius 3 is 2.63 bits per heavy atom. The molecule has 1 fully saturated rings. The Balaban J connectivity index is 1.56. The Kier molecular flexibility index (Phi) is 6.08. The van der Waals surface area contributed by atoms with Crippen LogP contribution in [0.2, 0.25) is 0 Å². The number of nitrogens with one attached hydrogen (secondary N) is 2. The molecule has 27 heavy (non-hydrogen) atoms. The first-order valence-corrected chi connectivity index (χ1v) is 9.30. The van der Waals surface area contributed by atoms with E-state index in [1.807, 2.05) is 31.2 Å². The summed E-state index contributed by atoms with van der Waals surface area (Å²) >= 11 is 1.33. The van der Waals surface area contributed by atoms with Crippen molar-refractivity contribution in [2.45, 2.75) is 35.7 Å². The third-order valence-electron chi connectivity index (χ3n) is 3.73. The van der Waals surface area contributed by atoms with Gasteiger partial charge in [-0.1, -0.05) is 29.5 Å². The number of ether oxygens (including phenoxy) is 1. The monoisotopic (exact) mass is 385 g/mol. The third-order valence-corrected chi connectivity index (χ3v) is 4.75. The number of rotatable bonds is 6. The number of benzene rings is 1. The number of aryl methyl sites for hydroxylation is 1. The second kappa shape index (κ2) is 8.68. The summed E-state index contributed by atoms with van der Waals surface area (Å²) in [4.78, 5) is 40.7. The molecule has 7 nitrogen and oxygen atoms in total. The first-order valence-electron chi connectivity index (χ1n) is 8.48. The summed E-state index contributed by atoms with van der Waals surface area (Å²) < 4.78 is 5.02. The molecule has 0 radical (unpaired) electrons. The third kappa shape index (κ3) is 5.82. The fourth-order valence-electron chi connectivity index (χ4n) is 2.17. The van der Waals surface area contributed by atoms with E-state index in [1.165, 1.54) is 11.8 Å². The number of hydrogen-bond acceptors (Lipinski definition) is 6. The lowest BCUT2D eigenvalue weighted by molar-refractivity contribution is -0.123. The van der Waals surface area contributed by atoms with Gasteiger partial charge in [-0.15, -0.1) is 0 Å². The lowest BCUT2D eigenvalue weighted by atomic mass is 10.2. The fourth-order valence-corrected chi connectivity index (χ4v) is 3.04. The zero-order valence-electron chi connectivity index (χ0n) is 14.7. The standard InChI is InChI=1S/C19H19N3O4S/c1-12-4-8-14(9-5-12)27-17-15(3-2-10-20-17)18(24)26-11-16(23)22-19(25)21-13-6-7-13/h2-5,8-10,13H,6-7,11H2,1H3,(H2,21,22,23,25). The lowest BCUT2D eigenvalue weighted by Gasteiger charge is -2.09. The number of carbonyl (C=O) groups excluding carboxylic acids is 3. The molecule has 1 aromatic carbocycles. The molecular formula is C19H19N3O4S. The van der Waals surface area contributed by atoms with E-state index < -0.39 is 24.5 Å². The van der Waals surface area contributed by atoms with Gasteiger partial charge in [0.25, 0.3) is 5.91 Å². The maximum absolute atomic E-state index is 12.3. The number of esters is 1. The largest absolute Gasteiger partial charge is 0.452 e. The van der Waals surface area contributed by atoms with Gasteiger partial charge in [0.05, 0.1) is 5.56 Å². The smallest absolute Gasteiger partial charge is 0.341 e. The average Bonchev–Trinajstić information content (AvgIpc) is 3.46. The fraction of sp³-hybridized carbons (Fsp3) is 0.263. The molecule has 1 aromatic heterocycles. The molecule has 0 saturated heterocycles. The Morgan fingerprint density at radius 2 is 1.93 bits per heavy atom. The molecule has 1 heterocycles. The minimum absolute atomic E-state index is 0.136. The van der Waals surface area contributed by atoms with Gasteiger partial charge in [-0.25, -0.2) is 14.6 Å². The minimum atomic E-state index is -0.682. The molecule has 0 atom stereocenters. The molecule has 0 aliphatic heterocycles. The van der Waals surface area contributed by atoms with Crippen LogP contribution in [-0.4, -0.2) is 35.5 Å². The second-order valence-electron chi connectivity index (χ2n) is 6.14. The van der Waals surface area contributed by atoms with Crippen LogP contribution < -0.4 is 10.6 Å². The van der Waals surface area contributed by atoms with Crippen LogP contribution >= 0.6 is 11.8 Å². The number of imide groups is 1. The molecule has 1 aliphatic carbocycles. The van der Waals surface area contributed by atoms with Gasteiger partial charge in [0.1, 0.15) is 5.03 Å². The van der Waals surface area contributed by atoms with E-state index in [0.29, 0.717) is 5.03 Å². The van der Waals surface area contributed by atoms with Crippen LogP contribution in [0, 0.1) is 6.92 Å². The van der Waals surface area contributed by atoms with Gasteiger partial charge >= 0.3 is 12.0 Å². The topological polar surface area (TPSA) is 97.4 Å². The highest BCUT2D eigenvalue weighted by Crippen LogP contribution is 2.29. The number of aromatic nitrogens is 1. The molecule has 0 spiro atoms. The predicted octanol–water partition coefficient (Wildman–Crippen LogP) is 2.69. The molecule has 8 heteroatoms. The molecule has 0 unspecified atom stereocenters. The van der Waals surface area contributed by atoms with Crippen LogP contribution in [0.4, 0.5) is 4.79 Å². The van der Waals surface area contributed by atoms with E-state index in [-0.39, 0.29) is 11.6 Å². The number of nitrogens with zero attached hydrogens (tertiary/aromatic N) is 1. The van der Waals surface area contributed by atoms with Crippen molar-refractivity contribution in [1.29, 1.82) is 0 Å². The highest BCUT2D eigenvalue weighted by atomic mass is 32.2. The van der Waals surface area contributed by atoms with E-state index in [9.17, 15) is 14.4 Å². The zero-order chi connectivity index (χ0) is 19.2. The number of amides is 3. The highest BCUT2D eigenvalue weighted by molar-refractivity contribution is 7.99. The van der Waals surface area contributed by atoms with Gasteiger partial charge in [0.15, 0.2) is 6.61 Å². The van der Waals surface area contributed by atoms with E-state index in [1.54, 1.807) is 18.3 Å². The first-order chi connectivity index (χ1) is 13.0. The van der Waals surface area contributed by atoms with Crippen LogP contribution in [0.5, 0.6) is 0 Å². The van der Waals surface area contributed by atoms with Crippen molar-refractivity contribution in [1.82, 2.24) is 15.6 Å². The highest BCUT2D eigenvalue weighted by Gasteiger charge is 2.24. The Hall–Kier alpha value is -2.87. The maximum Gasteiger partial charge on any atom is 0.341 e. The normalized spacial score (nSPS) is 12.9. The van der Waals surface area contributed by atoms with Crippen molar-refractivity contribution >= 4 is 29.7 Å². The summed E-state index contributed by atoms with van der Waals surface area (Å²) in [6, 6.07) is 10.6. The molecule has 1 aliphatic rings. The van der Waals surface area contributed by atoms with Gasteiger partial charge in [0, 0.05) is 17.1 Å². The Bertz CT molecular complexity index is 850. The molecule has 3 rings (SSSR count). The van der Waals surface area contributed by atoms with Crippen LogP contribution in [0.15, 0.2) is 52.5 Å². The molecule has 1 saturated carbocycles. The van der Waals surface area contributed by atoms with E-state index in [0.717, 1.165) is 23.3 Å². The summed E-state index contributed by atoms with van der Waals surface area (Å²) in [5.41, 5.74) is 1.40. The summed E-state index contributed by atoms with van der Waals surface area (Å²) in [6.45, 7) is 1.45. The van der Waals surface area contributed by atoms with Crippen LogP contribution in [0.3, 0.4) is 0 Å². The van der Waals surface area contributed by atoms with Crippen LogP contribution in [0.1, 0.15) is 28.8 Å². The van der Waals surface area contributed by atoms with Crippen LogP contribution in [-0.2, 0) is 9.53 Å². The molecule has 2 N–H and O–H groups in total. The average molecular weight is 385 g/mol. The number of carbonyl (C=O) groups is 3.